The summed E-state index contributed by atoms with van der Waals surface area (Å²) in [5.74, 6) is 0.396. The van der Waals surface area contributed by atoms with Crippen molar-refractivity contribution in [3.05, 3.63) is 46.6 Å². The van der Waals surface area contributed by atoms with Gasteiger partial charge in [0.05, 0.1) is 10.2 Å². The molecule has 2 aromatic rings. The average molecular weight is 283 g/mol. The van der Waals surface area contributed by atoms with Crippen molar-refractivity contribution in [3.8, 4) is 11.6 Å². The quantitative estimate of drug-likeness (QED) is 0.846. The number of rotatable bonds is 2. The van der Waals surface area contributed by atoms with Gasteiger partial charge in [0.1, 0.15) is 11.6 Å². The van der Waals surface area contributed by atoms with Crippen molar-refractivity contribution in [1.82, 2.24) is 9.97 Å². The molecule has 0 unspecified atom stereocenters. The first-order valence-electron chi connectivity index (χ1n) is 4.57. The van der Waals surface area contributed by atoms with Crippen LogP contribution in [-0.4, -0.2) is 9.97 Å². The minimum atomic E-state index is -0.376. The van der Waals surface area contributed by atoms with E-state index in [0.29, 0.717) is 21.8 Å². The second-order valence-electron chi connectivity index (χ2n) is 3.12. The molecule has 2 rings (SSSR count). The first-order valence-corrected chi connectivity index (χ1v) is 5.36. The maximum absolute atomic E-state index is 13.2. The van der Waals surface area contributed by atoms with Crippen molar-refractivity contribution in [2.45, 2.75) is 6.92 Å². The van der Waals surface area contributed by atoms with Crippen LogP contribution in [0.4, 0.5) is 4.39 Å². The monoisotopic (exact) mass is 282 g/mol. The molecule has 0 aliphatic carbocycles. The number of aromatic nitrogens is 2. The predicted molar refractivity (Wildman–Crippen MR) is 60.9 cm³/mol. The molecule has 0 aliphatic heterocycles. The Labute approximate surface area is 100 Å². The Balaban J connectivity index is 2.28. The lowest BCUT2D eigenvalue weighted by atomic mass is 10.3. The highest BCUT2D eigenvalue weighted by Crippen LogP contribution is 2.25. The Morgan fingerprint density at radius 1 is 1.25 bits per heavy atom. The van der Waals surface area contributed by atoms with Crippen molar-refractivity contribution in [1.29, 1.82) is 0 Å². The van der Waals surface area contributed by atoms with Crippen LogP contribution in [0.2, 0.25) is 0 Å². The molecule has 0 N–H and O–H groups in total. The van der Waals surface area contributed by atoms with Gasteiger partial charge in [-0.15, -0.1) is 0 Å². The zero-order valence-electron chi connectivity index (χ0n) is 8.45. The summed E-state index contributed by atoms with van der Waals surface area (Å²) < 4.78 is 19.0. The predicted octanol–water partition coefficient (Wildman–Crippen LogP) is 3.48. The van der Waals surface area contributed by atoms with E-state index in [9.17, 15) is 4.39 Å². The van der Waals surface area contributed by atoms with E-state index >= 15 is 0 Å². The molecule has 0 saturated carbocycles. The highest BCUT2D eigenvalue weighted by molar-refractivity contribution is 9.10. The van der Waals surface area contributed by atoms with Gasteiger partial charge in [0.2, 0.25) is 5.88 Å². The lowest BCUT2D eigenvalue weighted by molar-refractivity contribution is 0.450. The molecule has 0 aliphatic rings. The van der Waals surface area contributed by atoms with Gasteiger partial charge in [-0.1, -0.05) is 0 Å². The van der Waals surface area contributed by atoms with Gasteiger partial charge in [-0.3, -0.25) is 4.98 Å². The second kappa shape index (κ2) is 4.57. The average Bonchev–Trinajstić information content (AvgIpc) is 2.27. The standard InChI is InChI=1S/C11H8BrFN2O/c1-7-11(15-5-4-14-7)16-8-2-3-9(12)10(13)6-8/h2-6H,1H3. The Morgan fingerprint density at radius 3 is 2.69 bits per heavy atom. The number of hydrogen-bond donors (Lipinski definition) is 0. The molecule has 82 valence electrons. The number of nitrogens with zero attached hydrogens (tertiary/aromatic N) is 2. The van der Waals surface area contributed by atoms with Crippen molar-refractivity contribution in [3.63, 3.8) is 0 Å². The van der Waals surface area contributed by atoms with E-state index in [1.54, 1.807) is 25.3 Å². The van der Waals surface area contributed by atoms with Gasteiger partial charge in [0.25, 0.3) is 0 Å². The summed E-state index contributed by atoms with van der Waals surface area (Å²) in [6, 6.07) is 4.52. The molecule has 3 nitrogen and oxygen atoms in total. The zero-order chi connectivity index (χ0) is 11.5. The number of halogens is 2. The Kier molecular flexibility index (Phi) is 3.14. The lowest BCUT2D eigenvalue weighted by Gasteiger charge is -2.06. The van der Waals surface area contributed by atoms with Gasteiger partial charge in [-0.25, -0.2) is 9.37 Å². The maximum atomic E-state index is 13.2. The van der Waals surface area contributed by atoms with Crippen LogP contribution >= 0.6 is 15.9 Å². The van der Waals surface area contributed by atoms with Crippen LogP contribution in [0.3, 0.4) is 0 Å². The summed E-state index contributed by atoms with van der Waals surface area (Å²) in [4.78, 5) is 8.03. The van der Waals surface area contributed by atoms with Crippen LogP contribution in [0.5, 0.6) is 11.6 Å². The topological polar surface area (TPSA) is 35.0 Å². The van der Waals surface area contributed by atoms with Gasteiger partial charge in [-0.2, -0.15) is 0 Å². The number of hydrogen-bond acceptors (Lipinski definition) is 3. The fraction of sp³-hybridized carbons (Fsp3) is 0.0909. The molecule has 0 atom stereocenters. The highest BCUT2D eigenvalue weighted by atomic mass is 79.9. The van der Waals surface area contributed by atoms with E-state index in [0.717, 1.165) is 0 Å². The smallest absolute Gasteiger partial charge is 0.240 e. The minimum absolute atomic E-state index is 0.376. The van der Waals surface area contributed by atoms with Crippen LogP contribution in [0.15, 0.2) is 35.1 Å². The molecular formula is C11H8BrFN2O. The SMILES string of the molecule is Cc1nccnc1Oc1ccc(Br)c(F)c1. The van der Waals surface area contributed by atoms with Crippen molar-refractivity contribution in [2.24, 2.45) is 0 Å². The summed E-state index contributed by atoms with van der Waals surface area (Å²) in [6.45, 7) is 1.78. The number of benzene rings is 1. The van der Waals surface area contributed by atoms with E-state index in [-0.39, 0.29) is 5.82 Å². The molecular weight excluding hydrogens is 275 g/mol. The fourth-order valence-electron chi connectivity index (χ4n) is 1.15. The highest BCUT2D eigenvalue weighted by Gasteiger charge is 2.05. The molecule has 5 heteroatoms. The molecule has 0 fully saturated rings. The Bertz CT molecular complexity index is 519. The summed E-state index contributed by atoms with van der Waals surface area (Å²) in [5.41, 5.74) is 0.658. The van der Waals surface area contributed by atoms with Crippen molar-refractivity contribution >= 4 is 15.9 Å². The van der Waals surface area contributed by atoms with Gasteiger partial charge in [0.15, 0.2) is 0 Å². The normalized spacial score (nSPS) is 10.2. The molecule has 0 amide bonds. The van der Waals surface area contributed by atoms with Crippen LogP contribution in [-0.2, 0) is 0 Å². The van der Waals surface area contributed by atoms with E-state index in [1.165, 1.54) is 12.3 Å². The molecule has 1 heterocycles. The third-order valence-electron chi connectivity index (χ3n) is 1.94. The third-order valence-corrected chi connectivity index (χ3v) is 2.58. The van der Waals surface area contributed by atoms with E-state index < -0.39 is 0 Å². The lowest BCUT2D eigenvalue weighted by Crippen LogP contribution is -1.93. The zero-order valence-corrected chi connectivity index (χ0v) is 10.0. The number of ether oxygens (including phenoxy) is 1. The summed E-state index contributed by atoms with van der Waals surface area (Å²) in [5, 5.41) is 0. The largest absolute Gasteiger partial charge is 0.437 e. The van der Waals surface area contributed by atoms with Crippen LogP contribution < -0.4 is 4.74 Å². The van der Waals surface area contributed by atoms with E-state index in [2.05, 4.69) is 25.9 Å². The Hall–Kier alpha value is -1.49. The molecule has 0 radical (unpaired) electrons. The fourth-order valence-corrected chi connectivity index (χ4v) is 1.39. The molecule has 0 saturated heterocycles. The van der Waals surface area contributed by atoms with Crippen LogP contribution in [0, 0.1) is 12.7 Å². The van der Waals surface area contributed by atoms with E-state index in [4.69, 9.17) is 4.74 Å². The molecule has 0 spiro atoms. The summed E-state index contributed by atoms with van der Waals surface area (Å²) in [7, 11) is 0. The first-order chi connectivity index (χ1) is 7.66. The first kappa shape index (κ1) is 11.0. The molecule has 0 bridgehead atoms. The van der Waals surface area contributed by atoms with Gasteiger partial charge < -0.3 is 4.74 Å². The number of aryl methyl sites for hydroxylation is 1. The van der Waals surface area contributed by atoms with Crippen LogP contribution in [0.1, 0.15) is 5.69 Å². The molecule has 1 aromatic carbocycles. The van der Waals surface area contributed by atoms with E-state index in [1.807, 2.05) is 0 Å². The molecule has 1 aromatic heterocycles. The van der Waals surface area contributed by atoms with Gasteiger partial charge >= 0.3 is 0 Å². The van der Waals surface area contributed by atoms with Gasteiger partial charge in [0, 0.05) is 18.5 Å². The maximum Gasteiger partial charge on any atom is 0.240 e. The summed E-state index contributed by atoms with van der Waals surface area (Å²) in [6.07, 6.45) is 3.10. The van der Waals surface area contributed by atoms with Crippen LogP contribution in [0.25, 0.3) is 0 Å². The second-order valence-corrected chi connectivity index (χ2v) is 3.98. The summed E-state index contributed by atoms with van der Waals surface area (Å²) >= 11 is 3.07. The third kappa shape index (κ3) is 2.36. The minimum Gasteiger partial charge on any atom is -0.437 e. The van der Waals surface area contributed by atoms with Crippen molar-refractivity contribution < 1.29 is 9.13 Å². The van der Waals surface area contributed by atoms with Crippen molar-refractivity contribution in [2.75, 3.05) is 0 Å². The molecule has 16 heavy (non-hydrogen) atoms. The Morgan fingerprint density at radius 2 is 2.00 bits per heavy atom. The van der Waals surface area contributed by atoms with Gasteiger partial charge in [-0.05, 0) is 35.0 Å².